The minimum Gasteiger partial charge on any atom is -0.358 e. The number of thiocarbonyl (C=S) groups is 1. The molecule has 0 aliphatic carbocycles. The molecule has 0 amide bonds. The van der Waals surface area contributed by atoms with Crippen LogP contribution in [-0.4, -0.2) is 24.7 Å². The molecule has 0 spiro atoms. The zero-order chi connectivity index (χ0) is 18.5. The number of nitrogens with zero attached hydrogens (tertiary/aromatic N) is 4. The maximum Gasteiger partial charge on any atom is 0.172 e. The summed E-state index contributed by atoms with van der Waals surface area (Å²) in [7, 11) is 0. The van der Waals surface area contributed by atoms with Gasteiger partial charge in [-0.2, -0.15) is 10.2 Å². The average molecular weight is 409 g/mol. The molecule has 136 valence electrons. The van der Waals surface area contributed by atoms with E-state index in [0.29, 0.717) is 34.1 Å². The molecular formula is C17H18Cl2N6S. The lowest BCUT2D eigenvalue weighted by atomic mass is 10.2. The number of hydrogen-bond donors (Lipinski definition) is 2. The molecule has 0 aliphatic heterocycles. The molecule has 0 unspecified atom stereocenters. The average Bonchev–Trinajstić information content (AvgIpc) is 3.25. The number of benzene rings is 1. The molecule has 0 fully saturated rings. The normalized spacial score (nSPS) is 10.7. The van der Waals surface area contributed by atoms with Gasteiger partial charge in [-0.15, -0.1) is 0 Å². The van der Waals surface area contributed by atoms with Crippen LogP contribution in [0, 0.1) is 0 Å². The molecule has 2 heterocycles. The number of nitrogens with one attached hydrogen (secondary N) is 2. The van der Waals surface area contributed by atoms with Gasteiger partial charge in [0.15, 0.2) is 10.9 Å². The van der Waals surface area contributed by atoms with Crippen molar-refractivity contribution in [3.63, 3.8) is 0 Å². The zero-order valence-electron chi connectivity index (χ0n) is 14.1. The van der Waals surface area contributed by atoms with Crippen molar-refractivity contribution in [3.05, 3.63) is 64.0 Å². The number of hydrogen-bond acceptors (Lipinski definition) is 3. The summed E-state index contributed by atoms with van der Waals surface area (Å²) in [5.41, 5.74) is 2.09. The van der Waals surface area contributed by atoms with Gasteiger partial charge < -0.3 is 10.6 Å². The van der Waals surface area contributed by atoms with Gasteiger partial charge in [-0.05, 0) is 36.8 Å². The van der Waals surface area contributed by atoms with Crippen LogP contribution < -0.4 is 10.6 Å². The molecule has 0 radical (unpaired) electrons. The van der Waals surface area contributed by atoms with Crippen molar-refractivity contribution < 1.29 is 0 Å². The molecular weight excluding hydrogens is 391 g/mol. The monoisotopic (exact) mass is 408 g/mol. The number of aryl methyl sites for hydroxylation is 1. The molecule has 0 saturated carbocycles. The van der Waals surface area contributed by atoms with Crippen LogP contribution in [0.5, 0.6) is 0 Å². The summed E-state index contributed by atoms with van der Waals surface area (Å²) < 4.78 is 3.67. The predicted octanol–water partition coefficient (Wildman–Crippen LogP) is 3.94. The molecule has 0 saturated heterocycles. The first-order chi connectivity index (χ1) is 12.5. The lowest BCUT2D eigenvalue weighted by Crippen LogP contribution is -2.28. The number of rotatable bonds is 6. The van der Waals surface area contributed by atoms with Gasteiger partial charge >= 0.3 is 0 Å². The van der Waals surface area contributed by atoms with Crippen LogP contribution in [0.25, 0.3) is 0 Å². The SMILES string of the molecule is CCn1cc(CNC(=S)Nc2ccn(Cc3ccc(Cl)c(Cl)c3)n2)cn1. The minimum absolute atomic E-state index is 0.508. The van der Waals surface area contributed by atoms with Gasteiger partial charge in [-0.25, -0.2) is 0 Å². The number of aromatic nitrogens is 4. The van der Waals surface area contributed by atoms with E-state index in [2.05, 4.69) is 20.8 Å². The van der Waals surface area contributed by atoms with E-state index < -0.39 is 0 Å². The Balaban J connectivity index is 1.52. The van der Waals surface area contributed by atoms with Crippen molar-refractivity contribution in [2.75, 3.05) is 5.32 Å². The summed E-state index contributed by atoms with van der Waals surface area (Å²) in [4.78, 5) is 0. The lowest BCUT2D eigenvalue weighted by molar-refractivity contribution is 0.659. The van der Waals surface area contributed by atoms with Gasteiger partial charge in [-0.3, -0.25) is 9.36 Å². The zero-order valence-corrected chi connectivity index (χ0v) is 16.4. The smallest absolute Gasteiger partial charge is 0.172 e. The maximum absolute atomic E-state index is 6.04. The molecule has 2 N–H and O–H groups in total. The fourth-order valence-electron chi connectivity index (χ4n) is 2.35. The van der Waals surface area contributed by atoms with E-state index in [0.717, 1.165) is 17.7 Å². The minimum atomic E-state index is 0.508. The second kappa shape index (κ2) is 8.53. The van der Waals surface area contributed by atoms with Crippen molar-refractivity contribution in [2.24, 2.45) is 0 Å². The van der Waals surface area contributed by atoms with Crippen molar-refractivity contribution >= 4 is 46.4 Å². The van der Waals surface area contributed by atoms with Crippen LogP contribution in [0.3, 0.4) is 0 Å². The summed E-state index contributed by atoms with van der Waals surface area (Å²) in [5.74, 6) is 0.673. The van der Waals surface area contributed by atoms with Crippen molar-refractivity contribution in [2.45, 2.75) is 26.6 Å². The first-order valence-electron chi connectivity index (χ1n) is 8.07. The first-order valence-corrected chi connectivity index (χ1v) is 9.23. The highest BCUT2D eigenvalue weighted by Gasteiger charge is 2.05. The van der Waals surface area contributed by atoms with E-state index in [-0.39, 0.29) is 0 Å². The highest BCUT2D eigenvalue weighted by molar-refractivity contribution is 7.80. The first kappa shape index (κ1) is 18.7. The summed E-state index contributed by atoms with van der Waals surface area (Å²) in [6, 6.07) is 7.40. The van der Waals surface area contributed by atoms with Gasteiger partial charge in [0.1, 0.15) is 0 Å². The van der Waals surface area contributed by atoms with Gasteiger partial charge in [0.05, 0.1) is 22.8 Å². The number of anilines is 1. The van der Waals surface area contributed by atoms with E-state index >= 15 is 0 Å². The molecule has 3 aromatic rings. The Hall–Kier alpha value is -2.09. The van der Waals surface area contributed by atoms with Gasteiger partial charge in [0.2, 0.25) is 0 Å². The van der Waals surface area contributed by atoms with E-state index in [1.54, 1.807) is 10.7 Å². The van der Waals surface area contributed by atoms with Crippen LogP contribution in [0.4, 0.5) is 5.82 Å². The molecule has 2 aromatic heterocycles. The Kier molecular flexibility index (Phi) is 6.13. The molecule has 3 rings (SSSR count). The molecule has 9 heteroatoms. The number of halogens is 2. The summed E-state index contributed by atoms with van der Waals surface area (Å²) in [5, 5.41) is 16.5. The highest BCUT2D eigenvalue weighted by atomic mass is 35.5. The third kappa shape index (κ3) is 4.97. The van der Waals surface area contributed by atoms with Gasteiger partial charge in [0.25, 0.3) is 0 Å². The predicted molar refractivity (Wildman–Crippen MR) is 109 cm³/mol. The quantitative estimate of drug-likeness (QED) is 0.604. The second-order valence-corrected chi connectivity index (χ2v) is 6.88. The molecule has 26 heavy (non-hydrogen) atoms. The Bertz CT molecular complexity index is 904. The van der Waals surface area contributed by atoms with Crippen LogP contribution in [-0.2, 0) is 19.6 Å². The van der Waals surface area contributed by atoms with Crippen molar-refractivity contribution in [1.29, 1.82) is 0 Å². The Morgan fingerprint density at radius 3 is 2.73 bits per heavy atom. The van der Waals surface area contributed by atoms with Crippen molar-refractivity contribution in [1.82, 2.24) is 24.9 Å². The van der Waals surface area contributed by atoms with Crippen LogP contribution in [0.15, 0.2) is 42.9 Å². The van der Waals surface area contributed by atoms with Gasteiger partial charge in [-0.1, -0.05) is 29.3 Å². The largest absolute Gasteiger partial charge is 0.358 e. The highest BCUT2D eigenvalue weighted by Crippen LogP contribution is 2.23. The van der Waals surface area contributed by atoms with E-state index in [1.807, 2.05) is 48.4 Å². The molecule has 6 nitrogen and oxygen atoms in total. The Morgan fingerprint density at radius 2 is 2.00 bits per heavy atom. The lowest BCUT2D eigenvalue weighted by Gasteiger charge is -2.07. The Morgan fingerprint density at radius 1 is 1.15 bits per heavy atom. The second-order valence-electron chi connectivity index (χ2n) is 5.66. The Labute approximate surface area is 167 Å². The topological polar surface area (TPSA) is 59.7 Å². The third-order valence-electron chi connectivity index (χ3n) is 3.67. The fraction of sp³-hybridized carbons (Fsp3) is 0.235. The maximum atomic E-state index is 6.04. The van der Waals surface area contributed by atoms with Crippen LogP contribution >= 0.6 is 35.4 Å². The molecule has 0 aliphatic rings. The van der Waals surface area contributed by atoms with Crippen LogP contribution in [0.1, 0.15) is 18.1 Å². The van der Waals surface area contributed by atoms with Gasteiger partial charge in [0, 0.05) is 37.1 Å². The molecule has 0 bridgehead atoms. The molecule has 0 atom stereocenters. The van der Waals surface area contributed by atoms with E-state index in [1.165, 1.54) is 0 Å². The summed E-state index contributed by atoms with van der Waals surface area (Å²) in [6.45, 7) is 4.09. The summed E-state index contributed by atoms with van der Waals surface area (Å²) in [6.07, 6.45) is 5.69. The third-order valence-corrected chi connectivity index (χ3v) is 4.66. The standard InChI is InChI=1S/C17H18Cl2N6S/c1-2-24-11-13(9-21-24)8-20-17(26)22-16-5-6-25(23-16)10-12-3-4-14(18)15(19)7-12/h3-7,9,11H,2,8,10H2,1H3,(H2,20,22,23,26). The van der Waals surface area contributed by atoms with Crippen LogP contribution in [0.2, 0.25) is 10.0 Å². The fourth-order valence-corrected chi connectivity index (χ4v) is 2.85. The molecule has 1 aromatic carbocycles. The van der Waals surface area contributed by atoms with Crippen molar-refractivity contribution in [3.8, 4) is 0 Å². The summed E-state index contributed by atoms with van der Waals surface area (Å²) >= 11 is 17.3. The van der Waals surface area contributed by atoms with E-state index in [9.17, 15) is 0 Å². The van der Waals surface area contributed by atoms with E-state index in [4.69, 9.17) is 35.4 Å².